The SMILES string of the molecule is CCOC(=O)c1c(-c2ccc(OC)c(OC)c2)csc1NC(=O)CCCOc1ccc(C(C)C)c(C)c1. The van der Waals surface area contributed by atoms with E-state index >= 15 is 0 Å². The lowest BCUT2D eigenvalue weighted by Gasteiger charge is -2.13. The molecular weight excluding hydrogens is 490 g/mol. The number of hydrogen-bond acceptors (Lipinski definition) is 7. The molecule has 1 N–H and O–H groups in total. The molecule has 0 aliphatic rings. The maximum absolute atomic E-state index is 12.8. The van der Waals surface area contributed by atoms with E-state index < -0.39 is 5.97 Å². The molecule has 0 radical (unpaired) electrons. The van der Waals surface area contributed by atoms with E-state index in [4.69, 9.17) is 18.9 Å². The Kier molecular flexibility index (Phi) is 9.97. The fourth-order valence-corrected chi connectivity index (χ4v) is 5.04. The zero-order valence-corrected chi connectivity index (χ0v) is 23.1. The van der Waals surface area contributed by atoms with Crippen molar-refractivity contribution in [3.8, 4) is 28.4 Å². The summed E-state index contributed by atoms with van der Waals surface area (Å²) >= 11 is 1.28. The Morgan fingerprint density at radius 1 is 1.03 bits per heavy atom. The number of esters is 1. The topological polar surface area (TPSA) is 83.1 Å². The van der Waals surface area contributed by atoms with Gasteiger partial charge in [-0.15, -0.1) is 11.3 Å². The zero-order chi connectivity index (χ0) is 26.9. The van der Waals surface area contributed by atoms with Crippen molar-refractivity contribution in [3.05, 3.63) is 58.5 Å². The minimum absolute atomic E-state index is 0.193. The van der Waals surface area contributed by atoms with E-state index in [9.17, 15) is 9.59 Å². The highest BCUT2D eigenvalue weighted by atomic mass is 32.1. The van der Waals surface area contributed by atoms with Crippen molar-refractivity contribution in [3.63, 3.8) is 0 Å². The molecule has 0 spiro atoms. The van der Waals surface area contributed by atoms with Gasteiger partial charge in [-0.05, 0) is 67.1 Å². The van der Waals surface area contributed by atoms with Crippen LogP contribution in [0.1, 0.15) is 61.0 Å². The number of aryl methyl sites for hydroxylation is 1. The van der Waals surface area contributed by atoms with Crippen LogP contribution in [-0.4, -0.2) is 39.3 Å². The Labute approximate surface area is 222 Å². The Morgan fingerprint density at radius 3 is 2.43 bits per heavy atom. The molecule has 0 unspecified atom stereocenters. The lowest BCUT2D eigenvalue weighted by molar-refractivity contribution is -0.116. The fourth-order valence-electron chi connectivity index (χ4n) is 4.07. The number of hydrogen-bond donors (Lipinski definition) is 1. The summed E-state index contributed by atoms with van der Waals surface area (Å²) in [6, 6.07) is 11.5. The molecule has 0 saturated heterocycles. The van der Waals surface area contributed by atoms with Gasteiger partial charge >= 0.3 is 5.97 Å². The first-order valence-corrected chi connectivity index (χ1v) is 13.2. The Balaban J connectivity index is 1.67. The third kappa shape index (κ3) is 7.04. The average molecular weight is 526 g/mol. The number of nitrogens with one attached hydrogen (secondary N) is 1. The van der Waals surface area contributed by atoms with E-state index in [1.54, 1.807) is 33.3 Å². The summed E-state index contributed by atoms with van der Waals surface area (Å²) in [5, 5.41) is 5.17. The summed E-state index contributed by atoms with van der Waals surface area (Å²) in [4.78, 5) is 25.6. The molecule has 0 aliphatic heterocycles. The summed E-state index contributed by atoms with van der Waals surface area (Å²) in [5.41, 5.74) is 4.23. The molecule has 2 aromatic carbocycles. The van der Waals surface area contributed by atoms with Gasteiger partial charge in [0.25, 0.3) is 0 Å². The van der Waals surface area contributed by atoms with Crippen LogP contribution in [0.5, 0.6) is 17.2 Å². The normalized spacial score (nSPS) is 10.8. The molecular formula is C29H35NO6S. The predicted octanol–water partition coefficient (Wildman–Crippen LogP) is 6.84. The van der Waals surface area contributed by atoms with Crippen molar-refractivity contribution in [1.29, 1.82) is 0 Å². The molecule has 0 aliphatic carbocycles. The Bertz CT molecular complexity index is 1230. The Hall–Kier alpha value is -3.52. The largest absolute Gasteiger partial charge is 0.494 e. The number of carbonyl (C=O) groups is 2. The van der Waals surface area contributed by atoms with Gasteiger partial charge in [-0.25, -0.2) is 4.79 Å². The summed E-state index contributed by atoms with van der Waals surface area (Å²) < 4.78 is 21.9. The van der Waals surface area contributed by atoms with E-state index in [-0.39, 0.29) is 18.9 Å². The van der Waals surface area contributed by atoms with Crippen LogP contribution in [-0.2, 0) is 9.53 Å². The number of benzene rings is 2. The van der Waals surface area contributed by atoms with Gasteiger partial charge in [-0.2, -0.15) is 0 Å². The smallest absolute Gasteiger partial charge is 0.341 e. The molecule has 3 rings (SSSR count). The van der Waals surface area contributed by atoms with E-state index in [1.165, 1.54) is 22.5 Å². The van der Waals surface area contributed by atoms with Crippen molar-refractivity contribution < 1.29 is 28.5 Å². The van der Waals surface area contributed by atoms with Gasteiger partial charge in [-0.3, -0.25) is 4.79 Å². The summed E-state index contributed by atoms with van der Waals surface area (Å²) in [5.74, 6) is 1.70. The third-order valence-corrected chi connectivity index (χ3v) is 6.79. The first-order valence-electron chi connectivity index (χ1n) is 12.3. The second kappa shape index (κ2) is 13.1. The first kappa shape index (κ1) is 28.1. The molecule has 8 heteroatoms. The van der Waals surface area contributed by atoms with Gasteiger partial charge < -0.3 is 24.3 Å². The quantitative estimate of drug-likeness (QED) is 0.206. The maximum atomic E-state index is 12.8. The van der Waals surface area contributed by atoms with E-state index in [2.05, 4.69) is 32.2 Å². The van der Waals surface area contributed by atoms with Crippen molar-refractivity contribution in [2.45, 2.75) is 46.5 Å². The van der Waals surface area contributed by atoms with E-state index in [1.807, 2.05) is 23.6 Å². The molecule has 0 fully saturated rings. The number of carbonyl (C=O) groups excluding carboxylic acids is 2. The molecule has 1 aromatic heterocycles. The average Bonchev–Trinajstić information content (AvgIpc) is 3.29. The van der Waals surface area contributed by atoms with E-state index in [0.29, 0.717) is 46.6 Å². The number of ether oxygens (including phenoxy) is 4. The molecule has 7 nitrogen and oxygen atoms in total. The number of anilines is 1. The number of rotatable bonds is 12. The summed E-state index contributed by atoms with van der Waals surface area (Å²) in [7, 11) is 3.12. The minimum atomic E-state index is -0.493. The molecule has 0 saturated carbocycles. The standard InChI is InChI=1S/C29H35NO6S/c1-7-35-29(32)27-23(20-10-13-24(33-5)25(16-20)34-6)17-37-28(27)30-26(31)9-8-14-36-21-11-12-22(18(2)3)19(4)15-21/h10-13,15-18H,7-9,14H2,1-6H3,(H,30,31). The van der Waals surface area contributed by atoms with Gasteiger partial charge in [0.1, 0.15) is 16.3 Å². The molecule has 37 heavy (non-hydrogen) atoms. The number of amides is 1. The monoisotopic (exact) mass is 525 g/mol. The van der Waals surface area contributed by atoms with Crippen LogP contribution in [0.4, 0.5) is 5.00 Å². The molecule has 0 bridgehead atoms. The van der Waals surface area contributed by atoms with Crippen LogP contribution in [0, 0.1) is 6.92 Å². The molecule has 0 atom stereocenters. The maximum Gasteiger partial charge on any atom is 0.341 e. The van der Waals surface area contributed by atoms with Gasteiger partial charge in [0.2, 0.25) is 5.91 Å². The highest BCUT2D eigenvalue weighted by Gasteiger charge is 2.23. The number of thiophene rings is 1. The van der Waals surface area contributed by atoms with Crippen LogP contribution in [0.15, 0.2) is 41.8 Å². The lowest BCUT2D eigenvalue weighted by atomic mass is 9.98. The third-order valence-electron chi connectivity index (χ3n) is 5.90. The highest BCUT2D eigenvalue weighted by molar-refractivity contribution is 7.15. The molecule has 1 heterocycles. The van der Waals surface area contributed by atoms with Gasteiger partial charge in [0, 0.05) is 17.4 Å². The second-order valence-electron chi connectivity index (χ2n) is 8.82. The molecule has 3 aromatic rings. The van der Waals surface area contributed by atoms with Gasteiger partial charge in [0.15, 0.2) is 11.5 Å². The van der Waals surface area contributed by atoms with E-state index in [0.717, 1.165) is 11.3 Å². The van der Waals surface area contributed by atoms with Crippen LogP contribution in [0.3, 0.4) is 0 Å². The van der Waals surface area contributed by atoms with Crippen molar-refractivity contribution in [2.75, 3.05) is 32.8 Å². The molecule has 198 valence electrons. The number of methoxy groups -OCH3 is 2. The van der Waals surface area contributed by atoms with Crippen LogP contribution in [0.2, 0.25) is 0 Å². The summed E-state index contributed by atoms with van der Waals surface area (Å²) in [6.45, 7) is 8.80. The first-order chi connectivity index (χ1) is 17.8. The van der Waals surface area contributed by atoms with Crippen molar-refractivity contribution >= 4 is 28.2 Å². The molecule has 1 amide bonds. The minimum Gasteiger partial charge on any atom is -0.494 e. The fraction of sp³-hybridized carbons (Fsp3) is 0.379. The zero-order valence-electron chi connectivity index (χ0n) is 22.3. The van der Waals surface area contributed by atoms with Crippen LogP contribution >= 0.6 is 11.3 Å². The van der Waals surface area contributed by atoms with Crippen molar-refractivity contribution in [1.82, 2.24) is 0 Å². The summed E-state index contributed by atoms with van der Waals surface area (Å²) in [6.07, 6.45) is 0.800. The second-order valence-corrected chi connectivity index (χ2v) is 9.70. The highest BCUT2D eigenvalue weighted by Crippen LogP contribution is 2.39. The van der Waals surface area contributed by atoms with Gasteiger partial charge in [0.05, 0.1) is 27.4 Å². The van der Waals surface area contributed by atoms with Crippen LogP contribution in [0.25, 0.3) is 11.1 Å². The van der Waals surface area contributed by atoms with Crippen molar-refractivity contribution in [2.24, 2.45) is 0 Å². The van der Waals surface area contributed by atoms with Crippen LogP contribution < -0.4 is 19.5 Å². The Morgan fingerprint density at radius 2 is 1.78 bits per heavy atom. The lowest BCUT2D eigenvalue weighted by Crippen LogP contribution is -2.15. The van der Waals surface area contributed by atoms with Gasteiger partial charge in [-0.1, -0.05) is 26.0 Å². The predicted molar refractivity (Wildman–Crippen MR) is 147 cm³/mol.